The van der Waals surface area contributed by atoms with E-state index in [1.165, 1.54) is 25.7 Å². The molecule has 4 rings (SSSR count). The van der Waals surface area contributed by atoms with E-state index in [2.05, 4.69) is 19.8 Å². The van der Waals surface area contributed by atoms with E-state index in [-0.39, 0.29) is 11.3 Å². The van der Waals surface area contributed by atoms with Crippen molar-refractivity contribution in [2.75, 3.05) is 0 Å². The summed E-state index contributed by atoms with van der Waals surface area (Å²) in [6.07, 6.45) is 12.4. The minimum atomic E-state index is -4.00. The Morgan fingerprint density at radius 1 is 0.926 bits per heavy atom. The van der Waals surface area contributed by atoms with Gasteiger partial charge in [-0.15, -0.1) is 12.3 Å². The molecule has 4 saturated carbocycles. The Morgan fingerprint density at radius 3 is 2.33 bits per heavy atom. The lowest BCUT2D eigenvalue weighted by Gasteiger charge is -2.61. The molecule has 8 atom stereocenters. The average Bonchev–Trinajstić information content (AvgIpc) is 2.94. The van der Waals surface area contributed by atoms with Crippen LogP contribution < -0.4 is 0 Å². The van der Waals surface area contributed by atoms with Crippen molar-refractivity contribution in [2.45, 2.75) is 90.7 Å². The van der Waals surface area contributed by atoms with Crippen LogP contribution in [0.1, 0.15) is 84.5 Å². The van der Waals surface area contributed by atoms with Crippen LogP contribution in [-0.4, -0.2) is 6.18 Å². The van der Waals surface area contributed by atoms with Crippen LogP contribution in [0.15, 0.2) is 0 Å². The van der Waals surface area contributed by atoms with Gasteiger partial charge in [-0.3, -0.25) is 0 Å². The number of hydrogen-bond acceptors (Lipinski definition) is 0. The molecule has 4 aliphatic carbocycles. The third-order valence-corrected chi connectivity index (χ3v) is 9.96. The van der Waals surface area contributed by atoms with E-state index in [4.69, 9.17) is 6.42 Å². The molecule has 4 fully saturated rings. The van der Waals surface area contributed by atoms with Crippen molar-refractivity contribution in [3.63, 3.8) is 0 Å². The summed E-state index contributed by atoms with van der Waals surface area (Å²) in [6.45, 7) is 4.87. The van der Waals surface area contributed by atoms with Gasteiger partial charge in [-0.05, 0) is 105 Å². The smallest absolute Gasteiger partial charge is 0.171 e. The van der Waals surface area contributed by atoms with E-state index in [1.54, 1.807) is 0 Å². The first-order valence-corrected chi connectivity index (χ1v) is 11.2. The number of rotatable bonds is 2. The molecule has 0 bridgehead atoms. The topological polar surface area (TPSA) is 0 Å². The third-order valence-electron chi connectivity index (χ3n) is 9.96. The highest BCUT2D eigenvalue weighted by Crippen LogP contribution is 2.68. The first-order valence-electron chi connectivity index (χ1n) is 11.2. The first-order chi connectivity index (χ1) is 12.7. The van der Waals surface area contributed by atoms with Gasteiger partial charge < -0.3 is 0 Å². The molecule has 0 radical (unpaired) electrons. The molecule has 0 spiro atoms. The summed E-state index contributed by atoms with van der Waals surface area (Å²) in [5.41, 5.74) is 0.563. The zero-order valence-electron chi connectivity index (χ0n) is 17.0. The standard InChI is InChI=1S/C24H35F3/c1-4-5-6-16-8-10-20-19-9-7-17-15-18(24(25,26)27)11-13-23(17,3)21(19)12-14-22(16,20)2/h1,16-21H,5-15H2,2-3H3. The second-order valence-corrected chi connectivity index (χ2v) is 10.7. The van der Waals surface area contributed by atoms with Crippen LogP contribution in [0.3, 0.4) is 0 Å². The minimum absolute atomic E-state index is 0.142. The summed E-state index contributed by atoms with van der Waals surface area (Å²) >= 11 is 0. The molecule has 0 N–H and O–H groups in total. The zero-order valence-corrected chi connectivity index (χ0v) is 17.0. The molecule has 152 valence electrons. The van der Waals surface area contributed by atoms with Crippen molar-refractivity contribution in [1.82, 2.24) is 0 Å². The van der Waals surface area contributed by atoms with Crippen LogP contribution in [-0.2, 0) is 0 Å². The fraction of sp³-hybridized carbons (Fsp3) is 0.917. The Morgan fingerprint density at radius 2 is 1.63 bits per heavy atom. The van der Waals surface area contributed by atoms with Crippen LogP contribution in [0.4, 0.5) is 13.2 Å². The molecule has 27 heavy (non-hydrogen) atoms. The van der Waals surface area contributed by atoms with Gasteiger partial charge in [0.15, 0.2) is 0 Å². The van der Waals surface area contributed by atoms with Gasteiger partial charge in [0, 0.05) is 6.42 Å². The molecule has 0 aromatic heterocycles. The van der Waals surface area contributed by atoms with Crippen molar-refractivity contribution < 1.29 is 13.2 Å². The number of halogens is 3. The fourth-order valence-corrected chi connectivity index (χ4v) is 8.40. The van der Waals surface area contributed by atoms with Gasteiger partial charge >= 0.3 is 6.18 Å². The van der Waals surface area contributed by atoms with Gasteiger partial charge in [-0.2, -0.15) is 13.2 Å². The van der Waals surface area contributed by atoms with Gasteiger partial charge in [0.25, 0.3) is 0 Å². The van der Waals surface area contributed by atoms with Crippen molar-refractivity contribution in [1.29, 1.82) is 0 Å². The lowest BCUT2D eigenvalue weighted by molar-refractivity contribution is -0.208. The van der Waals surface area contributed by atoms with E-state index < -0.39 is 12.1 Å². The predicted molar refractivity (Wildman–Crippen MR) is 103 cm³/mol. The molecule has 0 aromatic rings. The summed E-state index contributed by atoms with van der Waals surface area (Å²) in [4.78, 5) is 0. The summed E-state index contributed by atoms with van der Waals surface area (Å²) < 4.78 is 39.9. The Kier molecular flexibility index (Phi) is 4.88. The van der Waals surface area contributed by atoms with Crippen LogP contribution in [0.25, 0.3) is 0 Å². The third kappa shape index (κ3) is 3.05. The average molecular weight is 381 g/mol. The maximum Gasteiger partial charge on any atom is 0.391 e. The molecular formula is C24H35F3. The van der Waals surface area contributed by atoms with Gasteiger partial charge in [0.1, 0.15) is 0 Å². The van der Waals surface area contributed by atoms with Crippen molar-refractivity contribution >= 4 is 0 Å². The summed E-state index contributed by atoms with van der Waals surface area (Å²) in [7, 11) is 0. The quantitative estimate of drug-likeness (QED) is 0.443. The van der Waals surface area contributed by atoms with Crippen LogP contribution >= 0.6 is 0 Å². The fourth-order valence-electron chi connectivity index (χ4n) is 8.40. The monoisotopic (exact) mass is 380 g/mol. The van der Waals surface area contributed by atoms with Gasteiger partial charge in [-0.1, -0.05) is 13.8 Å². The molecule has 0 aliphatic heterocycles. The molecule has 0 nitrogen and oxygen atoms in total. The van der Waals surface area contributed by atoms with Gasteiger partial charge in [0.05, 0.1) is 5.92 Å². The highest BCUT2D eigenvalue weighted by atomic mass is 19.4. The maximum atomic E-state index is 13.3. The molecular weight excluding hydrogens is 345 g/mol. The molecule has 0 amide bonds. The Labute approximate surface area is 163 Å². The summed E-state index contributed by atoms with van der Waals surface area (Å²) in [5, 5.41) is 0. The molecule has 4 aliphatic rings. The van der Waals surface area contributed by atoms with Crippen LogP contribution in [0, 0.1) is 58.7 Å². The van der Waals surface area contributed by atoms with Gasteiger partial charge in [-0.25, -0.2) is 0 Å². The van der Waals surface area contributed by atoms with E-state index in [0.717, 1.165) is 49.9 Å². The number of fused-ring (bicyclic) bond motifs is 5. The second-order valence-electron chi connectivity index (χ2n) is 10.7. The normalized spacial score (nSPS) is 49.6. The largest absolute Gasteiger partial charge is 0.391 e. The van der Waals surface area contributed by atoms with E-state index in [0.29, 0.717) is 24.2 Å². The zero-order chi connectivity index (χ0) is 19.4. The van der Waals surface area contributed by atoms with Crippen molar-refractivity contribution in [2.24, 2.45) is 46.3 Å². The van der Waals surface area contributed by atoms with Crippen LogP contribution in [0.5, 0.6) is 0 Å². The van der Waals surface area contributed by atoms with Gasteiger partial charge in [0.2, 0.25) is 0 Å². The SMILES string of the molecule is C#CCCC1CCC2C3CCC4CC(C(F)(F)F)CCC4(C)C3CCC12C. The van der Waals surface area contributed by atoms with Crippen molar-refractivity contribution in [3.8, 4) is 12.3 Å². The lowest BCUT2D eigenvalue weighted by Crippen LogP contribution is -2.54. The number of alkyl halides is 3. The Balaban J connectivity index is 1.52. The summed E-state index contributed by atoms with van der Waals surface area (Å²) in [5.74, 6) is 4.97. The molecule has 8 unspecified atom stereocenters. The predicted octanol–water partition coefficient (Wildman–Crippen LogP) is 7.24. The summed E-state index contributed by atoms with van der Waals surface area (Å²) in [6, 6.07) is 0. The van der Waals surface area contributed by atoms with Crippen LogP contribution in [0.2, 0.25) is 0 Å². The second kappa shape index (κ2) is 6.70. The number of terminal acetylenes is 1. The maximum absolute atomic E-state index is 13.3. The number of hydrogen-bond donors (Lipinski definition) is 0. The van der Waals surface area contributed by atoms with E-state index >= 15 is 0 Å². The molecule has 0 heterocycles. The molecule has 0 aromatic carbocycles. The molecule has 3 heteroatoms. The minimum Gasteiger partial charge on any atom is -0.171 e. The molecule has 0 saturated heterocycles. The van der Waals surface area contributed by atoms with E-state index in [9.17, 15) is 13.2 Å². The van der Waals surface area contributed by atoms with Crippen molar-refractivity contribution in [3.05, 3.63) is 0 Å². The highest BCUT2D eigenvalue weighted by molar-refractivity contribution is 5.09. The highest BCUT2D eigenvalue weighted by Gasteiger charge is 2.61. The first kappa shape index (κ1) is 19.7. The lowest BCUT2D eigenvalue weighted by atomic mass is 9.44. The van der Waals surface area contributed by atoms with E-state index in [1.807, 2.05) is 0 Å². The Bertz CT molecular complexity index is 602. The Hall–Kier alpha value is -0.650.